The van der Waals surface area contributed by atoms with Crippen LogP contribution >= 0.6 is 0 Å². The molecule has 2 aromatic heterocycles. The van der Waals surface area contributed by atoms with E-state index in [0.717, 1.165) is 30.9 Å². The Labute approximate surface area is 153 Å². The van der Waals surface area contributed by atoms with Crippen LogP contribution in [0.4, 0.5) is 5.95 Å². The highest BCUT2D eigenvalue weighted by atomic mass is 16.5. The lowest BCUT2D eigenvalue weighted by molar-refractivity contribution is 0.247. The van der Waals surface area contributed by atoms with Crippen LogP contribution in [-0.4, -0.2) is 34.0 Å². The number of nitrogens with one attached hydrogen (secondary N) is 1. The largest absolute Gasteiger partial charge is 0.497 e. The van der Waals surface area contributed by atoms with Crippen LogP contribution in [0.5, 0.6) is 5.75 Å². The molecule has 0 aliphatic carbocycles. The Morgan fingerprint density at radius 1 is 0.846 bits per heavy atom. The topological polar surface area (TPSA) is 63.2 Å². The summed E-state index contributed by atoms with van der Waals surface area (Å²) in [6, 6.07) is 12.3. The average molecular weight is 349 g/mol. The predicted molar refractivity (Wildman–Crippen MR) is 102 cm³/mol. The summed E-state index contributed by atoms with van der Waals surface area (Å²) in [5.41, 5.74) is 3.53. The maximum atomic E-state index is 5.24. The lowest BCUT2D eigenvalue weighted by Gasteiger charge is -2.22. The van der Waals surface area contributed by atoms with Crippen molar-refractivity contribution in [2.45, 2.75) is 19.6 Å². The molecule has 0 saturated heterocycles. The highest BCUT2D eigenvalue weighted by Gasteiger charge is 2.10. The fourth-order valence-electron chi connectivity index (χ4n) is 2.73. The summed E-state index contributed by atoms with van der Waals surface area (Å²) in [6.07, 6.45) is 7.39. The monoisotopic (exact) mass is 349 g/mol. The van der Waals surface area contributed by atoms with Crippen LogP contribution in [0.25, 0.3) is 0 Å². The Balaban J connectivity index is 1.75. The Morgan fingerprint density at radius 2 is 1.42 bits per heavy atom. The van der Waals surface area contributed by atoms with Gasteiger partial charge in [-0.05, 0) is 35.4 Å². The number of pyridine rings is 1. The van der Waals surface area contributed by atoms with E-state index in [4.69, 9.17) is 4.74 Å². The molecule has 134 valence electrons. The van der Waals surface area contributed by atoms with Crippen molar-refractivity contribution in [1.29, 1.82) is 0 Å². The Hall–Kier alpha value is -2.99. The number of rotatable bonds is 8. The van der Waals surface area contributed by atoms with Crippen molar-refractivity contribution in [3.05, 3.63) is 77.9 Å². The highest BCUT2D eigenvalue weighted by Crippen LogP contribution is 2.16. The number of aromatic nitrogens is 3. The molecular weight excluding hydrogens is 326 g/mol. The predicted octanol–water partition coefficient (Wildman–Crippen LogP) is 3.12. The van der Waals surface area contributed by atoms with Crippen LogP contribution in [0.1, 0.15) is 16.7 Å². The minimum Gasteiger partial charge on any atom is -0.497 e. The first kappa shape index (κ1) is 17.8. The lowest BCUT2D eigenvalue weighted by atomic mass is 10.1. The second kappa shape index (κ2) is 8.92. The van der Waals surface area contributed by atoms with Crippen molar-refractivity contribution in [3.8, 4) is 5.75 Å². The Morgan fingerprint density at radius 3 is 2.00 bits per heavy atom. The third kappa shape index (κ3) is 5.00. The molecule has 1 N–H and O–H groups in total. The van der Waals surface area contributed by atoms with Gasteiger partial charge in [0.05, 0.1) is 7.11 Å². The van der Waals surface area contributed by atoms with Gasteiger partial charge in [0.15, 0.2) is 0 Å². The minimum atomic E-state index is 0.629. The molecule has 0 aliphatic heterocycles. The van der Waals surface area contributed by atoms with Gasteiger partial charge < -0.3 is 10.1 Å². The van der Waals surface area contributed by atoms with Gasteiger partial charge in [0, 0.05) is 57.0 Å². The molecule has 0 fully saturated rings. The molecule has 0 saturated carbocycles. The first-order valence-corrected chi connectivity index (χ1v) is 8.49. The molecule has 0 radical (unpaired) electrons. The lowest BCUT2D eigenvalue weighted by Crippen LogP contribution is -2.22. The molecule has 3 aromatic rings. The second-order valence-electron chi connectivity index (χ2n) is 6.01. The molecule has 0 aliphatic rings. The minimum absolute atomic E-state index is 0.629. The number of ether oxygens (including phenoxy) is 1. The van der Waals surface area contributed by atoms with Crippen LogP contribution in [0.15, 0.2) is 61.2 Å². The van der Waals surface area contributed by atoms with E-state index in [-0.39, 0.29) is 0 Å². The number of nitrogens with zero attached hydrogens (tertiary/aromatic N) is 4. The van der Waals surface area contributed by atoms with Gasteiger partial charge in [0.25, 0.3) is 0 Å². The summed E-state index contributed by atoms with van der Waals surface area (Å²) in [5, 5.41) is 2.94. The van der Waals surface area contributed by atoms with Gasteiger partial charge in [-0.1, -0.05) is 12.1 Å². The van der Waals surface area contributed by atoms with Gasteiger partial charge in [0.1, 0.15) is 5.75 Å². The number of hydrogen-bond acceptors (Lipinski definition) is 6. The molecule has 26 heavy (non-hydrogen) atoms. The normalized spacial score (nSPS) is 10.7. The first-order valence-electron chi connectivity index (χ1n) is 8.49. The summed E-state index contributed by atoms with van der Waals surface area (Å²) in [4.78, 5) is 15.1. The summed E-state index contributed by atoms with van der Waals surface area (Å²) in [7, 11) is 3.49. The van der Waals surface area contributed by atoms with Crippen molar-refractivity contribution < 1.29 is 4.74 Å². The molecule has 2 heterocycles. The van der Waals surface area contributed by atoms with Gasteiger partial charge in [-0.3, -0.25) is 9.88 Å². The van der Waals surface area contributed by atoms with Crippen molar-refractivity contribution in [2.24, 2.45) is 0 Å². The number of anilines is 1. The van der Waals surface area contributed by atoms with Crippen LogP contribution < -0.4 is 10.1 Å². The zero-order chi connectivity index (χ0) is 18.2. The molecular formula is C20H23N5O. The smallest absolute Gasteiger partial charge is 0.222 e. The zero-order valence-corrected chi connectivity index (χ0v) is 15.1. The molecule has 6 nitrogen and oxygen atoms in total. The second-order valence-corrected chi connectivity index (χ2v) is 6.01. The van der Waals surface area contributed by atoms with E-state index in [1.807, 2.05) is 56.1 Å². The van der Waals surface area contributed by atoms with Crippen molar-refractivity contribution in [3.63, 3.8) is 0 Å². The third-order valence-corrected chi connectivity index (χ3v) is 4.06. The van der Waals surface area contributed by atoms with E-state index < -0.39 is 0 Å². The number of benzene rings is 1. The average Bonchev–Trinajstić information content (AvgIpc) is 2.70. The molecule has 6 heteroatoms. The molecule has 0 bridgehead atoms. The van der Waals surface area contributed by atoms with Gasteiger partial charge in [0.2, 0.25) is 5.95 Å². The first-order chi connectivity index (χ1) is 12.8. The summed E-state index contributed by atoms with van der Waals surface area (Å²) < 4.78 is 5.24. The van der Waals surface area contributed by atoms with Crippen molar-refractivity contribution in [1.82, 2.24) is 19.9 Å². The summed E-state index contributed by atoms with van der Waals surface area (Å²) in [6.45, 7) is 2.40. The van der Waals surface area contributed by atoms with Gasteiger partial charge >= 0.3 is 0 Å². The van der Waals surface area contributed by atoms with Crippen molar-refractivity contribution >= 4 is 5.95 Å². The van der Waals surface area contributed by atoms with Crippen molar-refractivity contribution in [2.75, 3.05) is 19.5 Å². The van der Waals surface area contributed by atoms with E-state index in [1.54, 1.807) is 7.11 Å². The van der Waals surface area contributed by atoms with Crippen LogP contribution in [0, 0.1) is 0 Å². The van der Waals surface area contributed by atoms with E-state index in [9.17, 15) is 0 Å². The third-order valence-electron chi connectivity index (χ3n) is 4.06. The van der Waals surface area contributed by atoms with Gasteiger partial charge in [-0.2, -0.15) is 0 Å². The van der Waals surface area contributed by atoms with Crippen LogP contribution in [-0.2, 0) is 19.6 Å². The van der Waals surface area contributed by atoms with Crippen LogP contribution in [0.2, 0.25) is 0 Å². The van der Waals surface area contributed by atoms with E-state index >= 15 is 0 Å². The standard InChI is InChI=1S/C20H23N5O/c1-21-20-23-11-18(12-24-20)15-25(14-17-7-9-22-10-8-17)13-16-3-5-19(26-2)6-4-16/h3-12H,13-15H2,1-2H3,(H,21,23,24). The molecule has 3 rings (SSSR count). The van der Waals surface area contributed by atoms with E-state index in [2.05, 4.69) is 37.3 Å². The van der Waals surface area contributed by atoms with Gasteiger partial charge in [-0.25, -0.2) is 9.97 Å². The number of hydrogen-bond donors (Lipinski definition) is 1. The maximum absolute atomic E-state index is 5.24. The maximum Gasteiger partial charge on any atom is 0.222 e. The van der Waals surface area contributed by atoms with E-state index in [0.29, 0.717) is 5.95 Å². The fourth-order valence-corrected chi connectivity index (χ4v) is 2.73. The van der Waals surface area contributed by atoms with Crippen LogP contribution in [0.3, 0.4) is 0 Å². The Kier molecular flexibility index (Phi) is 6.11. The SMILES string of the molecule is CNc1ncc(CN(Cc2ccncc2)Cc2ccc(OC)cc2)cn1. The summed E-state index contributed by atoms with van der Waals surface area (Å²) in [5.74, 6) is 1.50. The number of methoxy groups -OCH3 is 1. The highest BCUT2D eigenvalue weighted by molar-refractivity contribution is 5.27. The molecule has 0 unspecified atom stereocenters. The van der Waals surface area contributed by atoms with Gasteiger partial charge in [-0.15, -0.1) is 0 Å². The Bertz CT molecular complexity index is 741. The molecule has 0 spiro atoms. The molecule has 1 aromatic carbocycles. The quantitative estimate of drug-likeness (QED) is 0.674. The molecule has 0 atom stereocenters. The summed E-state index contributed by atoms with van der Waals surface area (Å²) >= 11 is 0. The fraction of sp³-hybridized carbons (Fsp3) is 0.250. The zero-order valence-electron chi connectivity index (χ0n) is 15.1. The molecule has 0 amide bonds. The van der Waals surface area contributed by atoms with E-state index in [1.165, 1.54) is 11.1 Å².